The molecule has 0 saturated carbocycles. The summed E-state index contributed by atoms with van der Waals surface area (Å²) in [5, 5.41) is 12.5. The highest BCUT2D eigenvalue weighted by atomic mass is 16.6. The molecule has 0 aliphatic carbocycles. The van der Waals surface area contributed by atoms with Crippen LogP contribution in [0.5, 0.6) is 5.75 Å². The summed E-state index contributed by atoms with van der Waals surface area (Å²) in [7, 11) is 0. The molecular formula is C20H23N5O2. The molecule has 0 amide bonds. The molecule has 2 heterocycles. The highest BCUT2D eigenvalue weighted by Crippen LogP contribution is 2.15. The number of epoxide rings is 1. The van der Waals surface area contributed by atoms with Crippen LogP contribution in [0.1, 0.15) is 5.56 Å². The van der Waals surface area contributed by atoms with Crippen LogP contribution in [0.2, 0.25) is 0 Å². The molecule has 1 aliphatic rings. The predicted octanol–water partition coefficient (Wildman–Crippen LogP) is 2.88. The van der Waals surface area contributed by atoms with E-state index in [0.29, 0.717) is 25.5 Å². The Balaban J connectivity index is 1.51. The Hall–Kier alpha value is -3.19. The van der Waals surface area contributed by atoms with E-state index in [2.05, 4.69) is 33.9 Å². The minimum Gasteiger partial charge on any atom is -0.491 e. The molecule has 1 aromatic heterocycles. The summed E-state index contributed by atoms with van der Waals surface area (Å²) >= 11 is 0. The van der Waals surface area contributed by atoms with Crippen molar-refractivity contribution >= 4 is 17.9 Å². The molecule has 1 unspecified atom stereocenters. The SMILES string of the molecule is C=CCN(CC=C)c1ccc(N/N=C/c2ccc(OCC3CO3)cc2)nn1. The maximum absolute atomic E-state index is 5.60. The van der Waals surface area contributed by atoms with E-state index in [-0.39, 0.29) is 6.10 Å². The van der Waals surface area contributed by atoms with E-state index in [9.17, 15) is 0 Å². The molecule has 2 aromatic rings. The van der Waals surface area contributed by atoms with Gasteiger partial charge in [0, 0.05) is 13.1 Å². The van der Waals surface area contributed by atoms with Crippen molar-refractivity contribution in [2.75, 3.05) is 36.6 Å². The second-order valence-corrected chi connectivity index (χ2v) is 5.96. The fourth-order valence-electron chi connectivity index (χ4n) is 2.30. The van der Waals surface area contributed by atoms with Crippen LogP contribution >= 0.6 is 0 Å². The molecule has 1 atom stereocenters. The standard InChI is InChI=1S/C20H23N5O2/c1-3-11-25(12-4-2)20-10-9-19(23-24-20)22-21-13-16-5-7-17(8-6-16)26-14-18-15-27-18/h3-10,13,18H,1-2,11-12,14-15H2,(H,22,23)/b21-13+. The van der Waals surface area contributed by atoms with Crippen LogP contribution in [-0.4, -0.2) is 48.8 Å². The highest BCUT2D eigenvalue weighted by molar-refractivity contribution is 5.80. The van der Waals surface area contributed by atoms with Crippen LogP contribution in [0.15, 0.2) is 66.8 Å². The van der Waals surface area contributed by atoms with E-state index in [1.54, 1.807) is 6.21 Å². The van der Waals surface area contributed by atoms with Crippen molar-refractivity contribution in [1.29, 1.82) is 0 Å². The van der Waals surface area contributed by atoms with Gasteiger partial charge in [0.05, 0.1) is 12.8 Å². The first-order valence-electron chi connectivity index (χ1n) is 8.72. The number of hydrazone groups is 1. The summed E-state index contributed by atoms with van der Waals surface area (Å²) < 4.78 is 10.7. The van der Waals surface area contributed by atoms with Gasteiger partial charge in [-0.25, -0.2) is 0 Å². The van der Waals surface area contributed by atoms with Gasteiger partial charge in [-0.05, 0) is 42.0 Å². The Kier molecular flexibility index (Phi) is 6.54. The van der Waals surface area contributed by atoms with Crippen molar-refractivity contribution in [2.45, 2.75) is 6.10 Å². The van der Waals surface area contributed by atoms with Crippen LogP contribution in [0.3, 0.4) is 0 Å². The van der Waals surface area contributed by atoms with Gasteiger partial charge in [0.1, 0.15) is 18.5 Å². The van der Waals surface area contributed by atoms with Crippen molar-refractivity contribution in [1.82, 2.24) is 10.2 Å². The molecule has 140 valence electrons. The molecular weight excluding hydrogens is 342 g/mol. The van der Waals surface area contributed by atoms with Gasteiger partial charge in [0.25, 0.3) is 0 Å². The first-order valence-corrected chi connectivity index (χ1v) is 8.72. The molecule has 1 saturated heterocycles. The quantitative estimate of drug-likeness (QED) is 0.286. The Morgan fingerprint density at radius 1 is 1.15 bits per heavy atom. The molecule has 1 aromatic carbocycles. The molecule has 1 aliphatic heterocycles. The van der Waals surface area contributed by atoms with Crippen LogP contribution in [0.4, 0.5) is 11.6 Å². The van der Waals surface area contributed by atoms with E-state index < -0.39 is 0 Å². The maximum Gasteiger partial charge on any atom is 0.168 e. The lowest BCUT2D eigenvalue weighted by molar-refractivity contribution is 0.263. The van der Waals surface area contributed by atoms with Crippen molar-refractivity contribution in [3.8, 4) is 5.75 Å². The van der Waals surface area contributed by atoms with E-state index >= 15 is 0 Å². The van der Waals surface area contributed by atoms with Crippen LogP contribution < -0.4 is 15.1 Å². The summed E-state index contributed by atoms with van der Waals surface area (Å²) in [6, 6.07) is 11.4. The Morgan fingerprint density at radius 3 is 2.48 bits per heavy atom. The fraction of sp³-hybridized carbons (Fsp3) is 0.250. The molecule has 0 bridgehead atoms. The molecule has 7 nitrogen and oxygen atoms in total. The number of hydrogen-bond donors (Lipinski definition) is 1. The molecule has 1 N–H and O–H groups in total. The Bertz CT molecular complexity index is 760. The van der Waals surface area contributed by atoms with Gasteiger partial charge in [0.15, 0.2) is 11.6 Å². The summed E-state index contributed by atoms with van der Waals surface area (Å²) in [4.78, 5) is 2.01. The highest BCUT2D eigenvalue weighted by Gasteiger charge is 2.22. The van der Waals surface area contributed by atoms with Crippen molar-refractivity contribution in [3.63, 3.8) is 0 Å². The number of nitrogens with one attached hydrogen (secondary N) is 1. The minimum absolute atomic E-state index is 0.253. The number of aromatic nitrogens is 2. The molecule has 27 heavy (non-hydrogen) atoms. The van der Waals surface area contributed by atoms with E-state index in [1.165, 1.54) is 0 Å². The van der Waals surface area contributed by atoms with Gasteiger partial charge < -0.3 is 14.4 Å². The zero-order valence-corrected chi connectivity index (χ0v) is 15.1. The van der Waals surface area contributed by atoms with Crippen molar-refractivity contribution < 1.29 is 9.47 Å². The number of anilines is 2. The average Bonchev–Trinajstić information content (AvgIpc) is 3.52. The number of hydrogen-bond acceptors (Lipinski definition) is 7. The third kappa shape index (κ3) is 5.93. The lowest BCUT2D eigenvalue weighted by atomic mass is 10.2. The third-order valence-corrected chi connectivity index (χ3v) is 3.78. The maximum atomic E-state index is 5.60. The topological polar surface area (TPSA) is 75.2 Å². The Labute approximate surface area is 159 Å². The molecule has 7 heteroatoms. The van der Waals surface area contributed by atoms with Crippen LogP contribution in [0.25, 0.3) is 0 Å². The van der Waals surface area contributed by atoms with Gasteiger partial charge in [-0.15, -0.1) is 23.4 Å². The van der Waals surface area contributed by atoms with Crippen LogP contribution in [-0.2, 0) is 4.74 Å². The third-order valence-electron chi connectivity index (χ3n) is 3.78. The van der Waals surface area contributed by atoms with E-state index in [1.807, 2.05) is 53.5 Å². The number of rotatable bonds is 11. The lowest BCUT2D eigenvalue weighted by Gasteiger charge is -2.19. The van der Waals surface area contributed by atoms with Crippen molar-refractivity contribution in [3.05, 3.63) is 67.3 Å². The zero-order valence-electron chi connectivity index (χ0n) is 15.1. The first kappa shape index (κ1) is 18.6. The second-order valence-electron chi connectivity index (χ2n) is 5.96. The monoisotopic (exact) mass is 365 g/mol. The van der Waals surface area contributed by atoms with Gasteiger partial charge in [0.2, 0.25) is 0 Å². The normalized spacial score (nSPS) is 15.3. The van der Waals surface area contributed by atoms with Gasteiger partial charge in [-0.3, -0.25) is 5.43 Å². The summed E-state index contributed by atoms with van der Waals surface area (Å²) in [6.07, 6.45) is 5.60. The van der Waals surface area contributed by atoms with Gasteiger partial charge in [-0.1, -0.05) is 12.2 Å². The zero-order chi connectivity index (χ0) is 18.9. The van der Waals surface area contributed by atoms with Gasteiger partial charge >= 0.3 is 0 Å². The average molecular weight is 365 g/mol. The number of ether oxygens (including phenoxy) is 2. The molecule has 3 rings (SSSR count). The second kappa shape index (κ2) is 9.49. The summed E-state index contributed by atoms with van der Waals surface area (Å²) in [5.41, 5.74) is 3.82. The summed E-state index contributed by atoms with van der Waals surface area (Å²) in [5.74, 6) is 2.15. The largest absolute Gasteiger partial charge is 0.491 e. The molecule has 0 spiro atoms. The van der Waals surface area contributed by atoms with Gasteiger partial charge in [-0.2, -0.15) is 5.10 Å². The smallest absolute Gasteiger partial charge is 0.168 e. The molecule has 0 radical (unpaired) electrons. The van der Waals surface area contributed by atoms with Crippen LogP contribution in [0, 0.1) is 0 Å². The molecule has 1 fully saturated rings. The summed E-state index contributed by atoms with van der Waals surface area (Å²) in [6.45, 7) is 10.3. The van der Waals surface area contributed by atoms with E-state index in [0.717, 1.165) is 23.7 Å². The fourth-order valence-corrected chi connectivity index (χ4v) is 2.30. The van der Waals surface area contributed by atoms with Crippen molar-refractivity contribution in [2.24, 2.45) is 5.10 Å². The Morgan fingerprint density at radius 2 is 1.89 bits per heavy atom. The number of benzene rings is 1. The minimum atomic E-state index is 0.253. The first-order chi connectivity index (χ1) is 13.3. The number of nitrogens with zero attached hydrogens (tertiary/aromatic N) is 4. The predicted molar refractivity (Wildman–Crippen MR) is 108 cm³/mol. The lowest BCUT2D eigenvalue weighted by Crippen LogP contribution is -2.24. The van der Waals surface area contributed by atoms with E-state index in [4.69, 9.17) is 9.47 Å².